The lowest BCUT2D eigenvalue weighted by Gasteiger charge is -2.40. The van der Waals surface area contributed by atoms with Crippen LogP contribution in [0.3, 0.4) is 0 Å². The highest BCUT2D eigenvalue weighted by Gasteiger charge is 2.52. The summed E-state index contributed by atoms with van der Waals surface area (Å²) in [7, 11) is -3.76. The molecule has 1 aliphatic heterocycles. The van der Waals surface area contributed by atoms with Crippen LogP contribution in [0.15, 0.2) is 29.2 Å². The second-order valence-electron chi connectivity index (χ2n) is 8.88. The molecule has 4 rings (SSSR count). The molecule has 2 N–H and O–H groups in total. The van der Waals surface area contributed by atoms with E-state index in [4.69, 9.17) is 0 Å². The van der Waals surface area contributed by atoms with Crippen LogP contribution in [0.1, 0.15) is 51.4 Å². The molecule has 3 fully saturated rings. The Morgan fingerprint density at radius 3 is 2.60 bits per heavy atom. The smallest absolute Gasteiger partial charge is 0.241 e. The van der Waals surface area contributed by atoms with Gasteiger partial charge in [-0.2, -0.15) is 5.26 Å². The first-order valence-electron chi connectivity index (χ1n) is 10.5. The molecule has 1 saturated heterocycles. The van der Waals surface area contributed by atoms with Crippen molar-refractivity contribution >= 4 is 15.9 Å². The third kappa shape index (κ3) is 4.09. The van der Waals surface area contributed by atoms with Crippen molar-refractivity contribution in [1.82, 2.24) is 14.9 Å². The number of amides is 1. The first-order valence-corrected chi connectivity index (χ1v) is 12.0. The molecule has 3 aliphatic rings. The molecular formula is C21H27FN4O3S. The minimum absolute atomic E-state index is 0.0565. The van der Waals surface area contributed by atoms with Gasteiger partial charge in [-0.3, -0.25) is 4.79 Å². The summed E-state index contributed by atoms with van der Waals surface area (Å²) in [6.07, 6.45) is 6.17. The number of carbonyl (C=O) groups is 1. The Bertz CT molecular complexity index is 961. The number of nitrogens with zero attached hydrogens (tertiary/aromatic N) is 2. The summed E-state index contributed by atoms with van der Waals surface area (Å²) < 4.78 is 41.8. The maximum absolute atomic E-state index is 13.2. The molecule has 30 heavy (non-hydrogen) atoms. The highest BCUT2D eigenvalue weighted by atomic mass is 32.2. The number of hydrogen-bond acceptors (Lipinski definition) is 5. The summed E-state index contributed by atoms with van der Waals surface area (Å²) in [6.45, 7) is 0.784. The van der Waals surface area contributed by atoms with Gasteiger partial charge in [-0.1, -0.05) is 0 Å². The van der Waals surface area contributed by atoms with E-state index in [1.54, 1.807) is 4.90 Å². The fraction of sp³-hybridized carbons (Fsp3) is 0.619. The lowest BCUT2D eigenvalue weighted by atomic mass is 9.79. The number of benzene rings is 1. The number of fused-ring (bicyclic) bond motifs is 2. The van der Waals surface area contributed by atoms with Gasteiger partial charge in [0.15, 0.2) is 0 Å². The third-order valence-electron chi connectivity index (χ3n) is 6.88. The minimum atomic E-state index is -3.76. The van der Waals surface area contributed by atoms with Crippen molar-refractivity contribution in [1.29, 1.82) is 5.26 Å². The van der Waals surface area contributed by atoms with Gasteiger partial charge in [-0.05, 0) is 75.6 Å². The fourth-order valence-corrected chi connectivity index (χ4v) is 6.85. The van der Waals surface area contributed by atoms with E-state index in [-0.39, 0.29) is 28.9 Å². The average molecular weight is 435 g/mol. The SMILES string of the molecule is N#CC1CCCN1C(=O)CNC12CCCC(NS(=O)(=O)c3ccc(F)cc3)(CC1)C2. The number of nitrogens with one attached hydrogen (secondary N) is 2. The van der Waals surface area contributed by atoms with E-state index in [9.17, 15) is 22.9 Å². The lowest BCUT2D eigenvalue weighted by molar-refractivity contribution is -0.130. The van der Waals surface area contributed by atoms with Crippen LogP contribution < -0.4 is 10.0 Å². The van der Waals surface area contributed by atoms with E-state index < -0.39 is 21.4 Å². The molecule has 2 aliphatic carbocycles. The van der Waals surface area contributed by atoms with Crippen molar-refractivity contribution in [2.75, 3.05) is 13.1 Å². The normalized spacial score (nSPS) is 30.9. The summed E-state index contributed by atoms with van der Waals surface area (Å²) in [5.41, 5.74) is -0.828. The van der Waals surface area contributed by atoms with Crippen LogP contribution in [0.4, 0.5) is 4.39 Å². The van der Waals surface area contributed by atoms with Crippen molar-refractivity contribution in [3.8, 4) is 6.07 Å². The summed E-state index contributed by atoms with van der Waals surface area (Å²) in [4.78, 5) is 14.3. The van der Waals surface area contributed by atoms with Crippen LogP contribution in [-0.4, -0.2) is 49.4 Å². The first kappa shape index (κ1) is 21.2. The summed E-state index contributed by atoms with van der Waals surface area (Å²) in [5.74, 6) is -0.543. The first-order chi connectivity index (χ1) is 14.3. The van der Waals surface area contributed by atoms with Gasteiger partial charge in [-0.15, -0.1) is 0 Å². The minimum Gasteiger partial charge on any atom is -0.326 e. The van der Waals surface area contributed by atoms with Gasteiger partial charge in [0.25, 0.3) is 0 Å². The van der Waals surface area contributed by atoms with E-state index in [1.165, 1.54) is 12.1 Å². The molecule has 0 spiro atoms. The number of sulfonamides is 1. The number of halogens is 1. The Kier molecular flexibility index (Phi) is 5.60. The second-order valence-corrected chi connectivity index (χ2v) is 10.6. The standard InChI is InChI=1S/C21H27FN4O3S/c22-16-4-6-18(7-5-16)30(28,29)25-21-9-2-8-20(15-21,10-11-21)24-14-19(27)26-12-1-3-17(26)13-23/h4-7,17,24-25H,1-3,8-12,14-15H2. The molecule has 0 aromatic heterocycles. The van der Waals surface area contributed by atoms with E-state index in [0.717, 1.165) is 50.7 Å². The van der Waals surface area contributed by atoms with Crippen LogP contribution >= 0.6 is 0 Å². The van der Waals surface area contributed by atoms with Gasteiger partial charge in [0.05, 0.1) is 17.5 Å². The fourth-order valence-electron chi connectivity index (χ4n) is 5.39. The van der Waals surface area contributed by atoms with Gasteiger partial charge in [0.1, 0.15) is 11.9 Å². The zero-order chi connectivity index (χ0) is 21.4. The Balaban J connectivity index is 1.42. The zero-order valence-corrected chi connectivity index (χ0v) is 17.7. The van der Waals surface area contributed by atoms with Crippen molar-refractivity contribution in [2.24, 2.45) is 0 Å². The number of nitriles is 1. The van der Waals surface area contributed by atoms with Crippen LogP contribution in [0.25, 0.3) is 0 Å². The van der Waals surface area contributed by atoms with E-state index in [0.29, 0.717) is 19.4 Å². The summed E-state index contributed by atoms with van der Waals surface area (Å²) in [5, 5.41) is 12.6. The zero-order valence-electron chi connectivity index (χ0n) is 16.9. The van der Waals surface area contributed by atoms with Crippen LogP contribution in [0.2, 0.25) is 0 Å². The maximum Gasteiger partial charge on any atom is 0.241 e. The van der Waals surface area contributed by atoms with Crippen LogP contribution in [0, 0.1) is 17.1 Å². The Morgan fingerprint density at radius 1 is 1.17 bits per heavy atom. The van der Waals surface area contributed by atoms with Crippen molar-refractivity contribution in [3.63, 3.8) is 0 Å². The van der Waals surface area contributed by atoms with E-state index in [2.05, 4.69) is 16.1 Å². The van der Waals surface area contributed by atoms with Crippen molar-refractivity contribution in [2.45, 2.75) is 73.4 Å². The molecule has 3 unspecified atom stereocenters. The third-order valence-corrected chi connectivity index (χ3v) is 8.48. The molecule has 3 atom stereocenters. The van der Waals surface area contributed by atoms with Gasteiger partial charge in [0, 0.05) is 17.6 Å². The molecule has 162 valence electrons. The molecule has 7 nitrogen and oxygen atoms in total. The maximum atomic E-state index is 13.2. The molecule has 0 radical (unpaired) electrons. The topological polar surface area (TPSA) is 102 Å². The van der Waals surface area contributed by atoms with Crippen LogP contribution in [0.5, 0.6) is 0 Å². The highest BCUT2D eigenvalue weighted by Crippen LogP contribution is 2.48. The molecule has 1 aromatic rings. The quantitative estimate of drug-likeness (QED) is 0.714. The molecule has 1 heterocycles. The molecule has 2 saturated carbocycles. The van der Waals surface area contributed by atoms with Gasteiger partial charge in [-0.25, -0.2) is 17.5 Å². The van der Waals surface area contributed by atoms with Crippen molar-refractivity contribution < 1.29 is 17.6 Å². The van der Waals surface area contributed by atoms with Crippen molar-refractivity contribution in [3.05, 3.63) is 30.1 Å². The number of likely N-dealkylation sites (tertiary alicyclic amines) is 1. The number of carbonyl (C=O) groups excluding carboxylic acids is 1. The predicted molar refractivity (Wildman–Crippen MR) is 108 cm³/mol. The highest BCUT2D eigenvalue weighted by molar-refractivity contribution is 7.89. The van der Waals surface area contributed by atoms with Gasteiger partial charge >= 0.3 is 0 Å². The lowest BCUT2D eigenvalue weighted by Crippen LogP contribution is -2.55. The molecule has 1 aromatic carbocycles. The predicted octanol–water partition coefficient (Wildman–Crippen LogP) is 2.05. The average Bonchev–Trinajstić information content (AvgIpc) is 3.29. The Hall–Kier alpha value is -2.02. The summed E-state index contributed by atoms with van der Waals surface area (Å²) in [6, 6.07) is 6.69. The van der Waals surface area contributed by atoms with Crippen LogP contribution in [-0.2, 0) is 14.8 Å². The van der Waals surface area contributed by atoms with Gasteiger partial charge in [0.2, 0.25) is 15.9 Å². The van der Waals surface area contributed by atoms with E-state index in [1.807, 2.05) is 0 Å². The van der Waals surface area contributed by atoms with Gasteiger partial charge < -0.3 is 10.2 Å². The Labute approximate surface area is 176 Å². The molecule has 9 heteroatoms. The van der Waals surface area contributed by atoms with E-state index >= 15 is 0 Å². The largest absolute Gasteiger partial charge is 0.326 e. The molecule has 2 bridgehead atoms. The number of rotatable bonds is 6. The molecule has 1 amide bonds. The summed E-state index contributed by atoms with van der Waals surface area (Å²) >= 11 is 0. The Morgan fingerprint density at radius 2 is 1.87 bits per heavy atom. The molecular weight excluding hydrogens is 407 g/mol. The monoisotopic (exact) mass is 434 g/mol. The second kappa shape index (κ2) is 7.91. The number of hydrogen-bond donors (Lipinski definition) is 2.